The van der Waals surface area contributed by atoms with Gasteiger partial charge in [-0.05, 0) is 19.1 Å². The molecule has 2 atom stereocenters. The first-order valence-corrected chi connectivity index (χ1v) is 9.42. The highest BCUT2D eigenvalue weighted by molar-refractivity contribution is 5.84. The van der Waals surface area contributed by atoms with E-state index in [4.69, 9.17) is 13.7 Å². The summed E-state index contributed by atoms with van der Waals surface area (Å²) in [5, 5.41) is 3.96. The summed E-state index contributed by atoms with van der Waals surface area (Å²) >= 11 is 0. The Hall–Kier alpha value is -2.19. The number of aromatic nitrogens is 2. The highest BCUT2D eigenvalue weighted by Crippen LogP contribution is 2.43. The molecule has 0 bridgehead atoms. The lowest BCUT2D eigenvalue weighted by atomic mass is 9.79. The van der Waals surface area contributed by atoms with Crippen molar-refractivity contribution < 1.29 is 18.5 Å². The zero-order valence-corrected chi connectivity index (χ0v) is 16.1. The van der Waals surface area contributed by atoms with E-state index >= 15 is 0 Å². The summed E-state index contributed by atoms with van der Waals surface area (Å²) in [4.78, 5) is 21.6. The van der Waals surface area contributed by atoms with Crippen LogP contribution in [0.5, 0.6) is 0 Å². The Morgan fingerprint density at radius 3 is 3.00 bits per heavy atom. The van der Waals surface area contributed by atoms with Crippen LogP contribution in [0.1, 0.15) is 30.2 Å². The number of nitrogens with zero attached hydrogens (tertiary/aromatic N) is 4. The molecule has 8 nitrogen and oxygen atoms in total. The minimum atomic E-state index is -0.506. The van der Waals surface area contributed by atoms with Crippen molar-refractivity contribution in [3.05, 3.63) is 35.4 Å². The molecule has 2 saturated heterocycles. The zero-order chi connectivity index (χ0) is 19.0. The van der Waals surface area contributed by atoms with Crippen LogP contribution in [-0.4, -0.2) is 59.2 Å². The van der Waals surface area contributed by atoms with Gasteiger partial charge in [-0.2, -0.15) is 4.98 Å². The number of carbonyl (C=O) groups excluding carboxylic acids is 1. The second-order valence-electron chi connectivity index (χ2n) is 7.67. The van der Waals surface area contributed by atoms with Crippen molar-refractivity contribution in [1.29, 1.82) is 0 Å². The van der Waals surface area contributed by atoms with E-state index in [0.29, 0.717) is 51.0 Å². The van der Waals surface area contributed by atoms with Crippen molar-refractivity contribution >= 4 is 5.91 Å². The number of carbonyl (C=O) groups is 1. The summed E-state index contributed by atoms with van der Waals surface area (Å²) in [5.74, 6) is 3.25. The van der Waals surface area contributed by atoms with Gasteiger partial charge in [0.25, 0.3) is 0 Å². The molecule has 0 saturated carbocycles. The topological polar surface area (TPSA) is 84.8 Å². The van der Waals surface area contributed by atoms with Crippen molar-refractivity contribution in [3.63, 3.8) is 0 Å². The third kappa shape index (κ3) is 3.39. The van der Waals surface area contributed by atoms with E-state index in [2.05, 4.69) is 15.0 Å². The Bertz CT molecular complexity index is 816. The summed E-state index contributed by atoms with van der Waals surface area (Å²) in [7, 11) is 1.80. The number of ether oxygens (including phenoxy) is 1. The number of furan rings is 1. The number of aryl methyl sites for hydroxylation is 2. The number of rotatable bonds is 6. The number of likely N-dealkylation sites (tertiary alicyclic amines) is 1. The second-order valence-corrected chi connectivity index (χ2v) is 7.67. The highest BCUT2D eigenvalue weighted by Gasteiger charge is 2.56. The summed E-state index contributed by atoms with van der Waals surface area (Å²) < 4.78 is 16.6. The molecule has 2 aromatic heterocycles. The van der Waals surface area contributed by atoms with Crippen molar-refractivity contribution in [2.24, 2.45) is 11.3 Å². The molecule has 2 aliphatic heterocycles. The van der Waals surface area contributed by atoms with E-state index in [1.165, 1.54) is 0 Å². The molecule has 2 aliphatic rings. The molecule has 2 aromatic rings. The Kier molecular flexibility index (Phi) is 4.77. The van der Waals surface area contributed by atoms with E-state index in [9.17, 15) is 4.79 Å². The Labute approximate surface area is 158 Å². The van der Waals surface area contributed by atoms with Gasteiger partial charge >= 0.3 is 0 Å². The fourth-order valence-electron chi connectivity index (χ4n) is 4.22. The van der Waals surface area contributed by atoms with Gasteiger partial charge in [-0.3, -0.25) is 9.69 Å². The van der Waals surface area contributed by atoms with Gasteiger partial charge < -0.3 is 18.6 Å². The van der Waals surface area contributed by atoms with Crippen molar-refractivity contribution in [1.82, 2.24) is 19.9 Å². The predicted octanol–water partition coefficient (Wildman–Crippen LogP) is 1.64. The first-order valence-electron chi connectivity index (χ1n) is 9.42. The van der Waals surface area contributed by atoms with Gasteiger partial charge in [0.05, 0.1) is 31.7 Å². The highest BCUT2D eigenvalue weighted by atomic mass is 16.5. The summed E-state index contributed by atoms with van der Waals surface area (Å²) in [6.45, 7) is 7.55. The third-order valence-electron chi connectivity index (χ3n) is 5.58. The number of amides is 1. The van der Waals surface area contributed by atoms with Crippen LogP contribution in [-0.2, 0) is 29.0 Å². The molecular weight excluding hydrogens is 348 g/mol. The molecule has 8 heteroatoms. The van der Waals surface area contributed by atoms with Gasteiger partial charge in [-0.25, -0.2) is 0 Å². The van der Waals surface area contributed by atoms with Crippen LogP contribution in [0.2, 0.25) is 0 Å². The molecule has 27 heavy (non-hydrogen) atoms. The molecule has 0 N–H and O–H groups in total. The SMILES string of the molecule is CCc1nc(CN(C)C(=O)[C@]23COC[C@H]2CN(Cc2ccc(C)o2)C3)no1. The molecular formula is C19H26N4O4. The van der Waals surface area contributed by atoms with Crippen molar-refractivity contribution in [2.45, 2.75) is 33.4 Å². The summed E-state index contributed by atoms with van der Waals surface area (Å²) in [5.41, 5.74) is -0.506. The van der Waals surface area contributed by atoms with Gasteiger partial charge in [-0.1, -0.05) is 12.1 Å². The molecule has 0 spiro atoms. The standard InChI is InChI=1S/C19H26N4O4/c1-4-17-20-16(21-27-17)9-22(3)18(24)19-11-23(7-14(19)10-25-12-19)8-15-6-5-13(2)26-15/h5-6,14H,4,7-12H2,1-3H3/t14-,19-/m1/s1. The molecule has 0 aliphatic carbocycles. The number of hydrogen-bond acceptors (Lipinski definition) is 7. The normalized spacial score (nSPS) is 25.1. The quantitative estimate of drug-likeness (QED) is 0.760. The maximum atomic E-state index is 13.3. The van der Waals surface area contributed by atoms with Crippen molar-refractivity contribution in [3.8, 4) is 0 Å². The molecule has 0 aromatic carbocycles. The third-order valence-corrected chi connectivity index (χ3v) is 5.58. The van der Waals surface area contributed by atoms with Crippen LogP contribution in [0, 0.1) is 18.3 Å². The lowest BCUT2D eigenvalue weighted by Gasteiger charge is -2.30. The predicted molar refractivity (Wildman–Crippen MR) is 95.6 cm³/mol. The first kappa shape index (κ1) is 18.2. The molecule has 146 valence electrons. The van der Waals surface area contributed by atoms with E-state index in [1.807, 2.05) is 26.0 Å². The van der Waals surface area contributed by atoms with Crippen LogP contribution in [0.15, 0.2) is 21.1 Å². The van der Waals surface area contributed by atoms with Gasteiger partial charge in [-0.15, -0.1) is 0 Å². The lowest BCUT2D eigenvalue weighted by molar-refractivity contribution is -0.142. The maximum Gasteiger partial charge on any atom is 0.233 e. The van der Waals surface area contributed by atoms with E-state index < -0.39 is 5.41 Å². The van der Waals surface area contributed by atoms with Crippen LogP contribution >= 0.6 is 0 Å². The van der Waals surface area contributed by atoms with Crippen molar-refractivity contribution in [2.75, 3.05) is 33.4 Å². The summed E-state index contributed by atoms with van der Waals surface area (Å²) in [6.07, 6.45) is 0.686. The monoisotopic (exact) mass is 374 g/mol. The van der Waals surface area contributed by atoms with Crippen LogP contribution in [0.3, 0.4) is 0 Å². The first-order chi connectivity index (χ1) is 13.0. The Balaban J connectivity index is 1.45. The van der Waals surface area contributed by atoms with Gasteiger partial charge in [0.1, 0.15) is 11.5 Å². The van der Waals surface area contributed by atoms with Crippen LogP contribution < -0.4 is 0 Å². The Morgan fingerprint density at radius 2 is 2.30 bits per heavy atom. The van der Waals surface area contributed by atoms with E-state index in [-0.39, 0.29) is 11.8 Å². The fourth-order valence-corrected chi connectivity index (χ4v) is 4.22. The smallest absolute Gasteiger partial charge is 0.233 e. The average Bonchev–Trinajstić information content (AvgIpc) is 3.39. The minimum absolute atomic E-state index is 0.0889. The molecule has 4 rings (SSSR count). The van der Waals surface area contributed by atoms with Crippen LogP contribution in [0.4, 0.5) is 0 Å². The summed E-state index contributed by atoms with van der Waals surface area (Å²) in [6, 6.07) is 3.97. The van der Waals surface area contributed by atoms with E-state index in [0.717, 1.165) is 18.1 Å². The van der Waals surface area contributed by atoms with Crippen LogP contribution in [0.25, 0.3) is 0 Å². The van der Waals surface area contributed by atoms with Gasteiger partial charge in [0.2, 0.25) is 11.8 Å². The molecule has 2 fully saturated rings. The maximum absolute atomic E-state index is 13.3. The lowest BCUT2D eigenvalue weighted by Crippen LogP contribution is -2.47. The van der Waals surface area contributed by atoms with E-state index in [1.54, 1.807) is 11.9 Å². The van der Waals surface area contributed by atoms with Gasteiger partial charge in [0.15, 0.2) is 5.82 Å². The molecule has 0 unspecified atom stereocenters. The minimum Gasteiger partial charge on any atom is -0.465 e. The molecule has 4 heterocycles. The number of hydrogen-bond donors (Lipinski definition) is 0. The zero-order valence-electron chi connectivity index (χ0n) is 16.1. The molecule has 1 amide bonds. The largest absolute Gasteiger partial charge is 0.465 e. The molecule has 0 radical (unpaired) electrons. The fraction of sp³-hybridized carbons (Fsp3) is 0.632. The average molecular weight is 374 g/mol. The second kappa shape index (κ2) is 7.09. The Morgan fingerprint density at radius 1 is 1.44 bits per heavy atom. The van der Waals surface area contributed by atoms with Gasteiger partial charge in [0, 0.05) is 32.5 Å². The number of fused-ring (bicyclic) bond motifs is 1.